The number of unbranched alkanes of at least 4 members (excludes halogenated alkanes) is 3. The minimum Gasteiger partial charge on any atom is -0.457 e. The van der Waals surface area contributed by atoms with E-state index in [2.05, 4.69) is 19.2 Å². The van der Waals surface area contributed by atoms with Crippen LogP contribution in [0, 0.1) is 0 Å². The van der Waals surface area contributed by atoms with Crippen molar-refractivity contribution in [2.45, 2.75) is 115 Å². The van der Waals surface area contributed by atoms with Crippen LogP contribution in [0.1, 0.15) is 90.9 Å². The van der Waals surface area contributed by atoms with Gasteiger partial charge >= 0.3 is 5.97 Å². The van der Waals surface area contributed by atoms with E-state index in [4.69, 9.17) is 4.74 Å². The number of carbonyl (C=O) groups excluding carboxylic acids is 1. The van der Waals surface area contributed by atoms with Crippen molar-refractivity contribution in [1.29, 1.82) is 0 Å². The topological polar surface area (TPSA) is 58.6 Å². The van der Waals surface area contributed by atoms with Crippen molar-refractivity contribution in [3.8, 4) is 0 Å². The Labute approximate surface area is 181 Å². The lowest BCUT2D eigenvalue weighted by Crippen LogP contribution is -2.52. The molecule has 1 aliphatic heterocycles. The predicted octanol–water partition coefficient (Wildman–Crippen LogP) is 5.51. The maximum absolute atomic E-state index is 12.0. The lowest BCUT2D eigenvalue weighted by molar-refractivity contribution is -0.145. The van der Waals surface area contributed by atoms with Crippen LogP contribution < -0.4 is 5.32 Å². The van der Waals surface area contributed by atoms with Gasteiger partial charge in [-0.15, -0.1) is 11.8 Å². The molecule has 1 heterocycles. The van der Waals surface area contributed by atoms with Crippen LogP contribution in [0.2, 0.25) is 0 Å². The van der Waals surface area contributed by atoms with Crippen LogP contribution in [-0.4, -0.2) is 41.6 Å². The van der Waals surface area contributed by atoms with Crippen molar-refractivity contribution in [3.05, 3.63) is 22.6 Å². The molecule has 4 nitrogen and oxygen atoms in total. The molecule has 0 saturated carbocycles. The first-order valence-electron chi connectivity index (χ1n) is 11.6. The summed E-state index contributed by atoms with van der Waals surface area (Å²) in [6.45, 7) is 4.26. The number of hydrogen-bond donors (Lipinski definition) is 2. The summed E-state index contributed by atoms with van der Waals surface area (Å²) >= 11 is 1.51. The highest BCUT2D eigenvalue weighted by atomic mass is 32.2. The van der Waals surface area contributed by atoms with Crippen LogP contribution in [0.25, 0.3) is 0 Å². The van der Waals surface area contributed by atoms with Gasteiger partial charge < -0.3 is 15.2 Å². The number of carbonyl (C=O) groups is 1. The average molecular weight is 424 g/mol. The Kier molecular flexibility index (Phi) is 11.4. The number of allylic oxidation sites excluding steroid dienone is 1. The molecule has 5 heteroatoms. The molecule has 4 atom stereocenters. The summed E-state index contributed by atoms with van der Waals surface area (Å²) in [5, 5.41) is 15.3. The Balaban J connectivity index is 1.82. The summed E-state index contributed by atoms with van der Waals surface area (Å²) in [7, 11) is 0. The zero-order valence-corrected chi connectivity index (χ0v) is 19.4. The second-order valence-electron chi connectivity index (χ2n) is 8.64. The maximum Gasteiger partial charge on any atom is 0.331 e. The van der Waals surface area contributed by atoms with E-state index in [1.807, 2.05) is 6.26 Å². The molecule has 0 spiro atoms. The molecule has 2 aliphatic rings. The molecule has 0 aromatic carbocycles. The van der Waals surface area contributed by atoms with Gasteiger partial charge in [-0.05, 0) is 63.5 Å². The SMILES string of the molecule is CCCC(O)CCCCCCC1=C2CC(OC(=O)C=CSC)C(C)NC2CCC1. The van der Waals surface area contributed by atoms with Crippen LogP contribution >= 0.6 is 11.8 Å². The molecule has 4 unspecified atom stereocenters. The van der Waals surface area contributed by atoms with Crippen molar-refractivity contribution in [1.82, 2.24) is 5.32 Å². The van der Waals surface area contributed by atoms with E-state index in [0.717, 1.165) is 32.1 Å². The van der Waals surface area contributed by atoms with Gasteiger partial charge in [-0.2, -0.15) is 0 Å². The Bertz CT molecular complexity index is 560. The second kappa shape index (κ2) is 13.5. The number of piperidine rings is 1. The lowest BCUT2D eigenvalue weighted by atomic mass is 9.79. The molecule has 0 amide bonds. The van der Waals surface area contributed by atoms with Crippen molar-refractivity contribution in [2.24, 2.45) is 0 Å². The molecule has 0 bridgehead atoms. The van der Waals surface area contributed by atoms with Gasteiger partial charge in [0.1, 0.15) is 6.10 Å². The fraction of sp³-hybridized carbons (Fsp3) is 0.792. The van der Waals surface area contributed by atoms with E-state index in [0.29, 0.717) is 6.04 Å². The summed E-state index contributed by atoms with van der Waals surface area (Å²) in [5.41, 5.74) is 3.12. The zero-order chi connectivity index (χ0) is 21.1. The predicted molar refractivity (Wildman–Crippen MR) is 123 cm³/mol. The highest BCUT2D eigenvalue weighted by Gasteiger charge is 2.35. The van der Waals surface area contributed by atoms with Gasteiger partial charge in [0.15, 0.2) is 0 Å². The highest BCUT2D eigenvalue weighted by molar-refractivity contribution is 8.01. The van der Waals surface area contributed by atoms with Crippen molar-refractivity contribution >= 4 is 17.7 Å². The van der Waals surface area contributed by atoms with Gasteiger partial charge in [-0.3, -0.25) is 0 Å². The van der Waals surface area contributed by atoms with Gasteiger partial charge in [0.25, 0.3) is 0 Å². The summed E-state index contributed by atoms with van der Waals surface area (Å²) in [6, 6.07) is 0.666. The molecule has 2 N–H and O–H groups in total. The number of hydrogen-bond acceptors (Lipinski definition) is 5. The number of ether oxygens (including phenoxy) is 1. The fourth-order valence-electron chi connectivity index (χ4n) is 4.68. The van der Waals surface area contributed by atoms with E-state index < -0.39 is 0 Å². The van der Waals surface area contributed by atoms with Gasteiger partial charge in [-0.25, -0.2) is 4.79 Å². The minimum absolute atomic E-state index is 0.0755. The van der Waals surface area contributed by atoms with Crippen LogP contribution in [-0.2, 0) is 9.53 Å². The number of esters is 1. The van der Waals surface area contributed by atoms with E-state index in [1.165, 1.54) is 68.4 Å². The Morgan fingerprint density at radius 2 is 2.10 bits per heavy atom. The monoisotopic (exact) mass is 423 g/mol. The second-order valence-corrected chi connectivity index (χ2v) is 9.39. The molecule has 0 aromatic heterocycles. The first-order valence-corrected chi connectivity index (χ1v) is 12.9. The first-order chi connectivity index (χ1) is 14.0. The van der Waals surface area contributed by atoms with Crippen LogP contribution in [0.3, 0.4) is 0 Å². The maximum atomic E-state index is 12.0. The van der Waals surface area contributed by atoms with Crippen LogP contribution in [0.15, 0.2) is 22.6 Å². The molecule has 1 saturated heterocycles. The molecule has 1 aliphatic carbocycles. The Hall–Kier alpha value is -0.780. The molecule has 2 rings (SSSR count). The summed E-state index contributed by atoms with van der Waals surface area (Å²) in [5.74, 6) is -0.236. The van der Waals surface area contributed by atoms with E-state index in [-0.39, 0.29) is 24.2 Å². The van der Waals surface area contributed by atoms with Crippen molar-refractivity contribution < 1.29 is 14.6 Å². The summed E-state index contributed by atoms with van der Waals surface area (Å²) < 4.78 is 5.74. The molecule has 166 valence electrons. The molecular formula is C24H41NO3S. The van der Waals surface area contributed by atoms with E-state index in [1.54, 1.807) is 11.0 Å². The van der Waals surface area contributed by atoms with Crippen molar-refractivity contribution in [2.75, 3.05) is 6.26 Å². The smallest absolute Gasteiger partial charge is 0.331 e. The molecule has 0 radical (unpaired) electrons. The summed E-state index contributed by atoms with van der Waals surface area (Å²) in [4.78, 5) is 12.0. The molecule has 29 heavy (non-hydrogen) atoms. The van der Waals surface area contributed by atoms with Gasteiger partial charge in [0, 0.05) is 24.6 Å². The normalized spacial score (nSPS) is 25.9. The van der Waals surface area contributed by atoms with E-state index in [9.17, 15) is 9.90 Å². The third-order valence-corrected chi connectivity index (χ3v) is 6.69. The van der Waals surface area contributed by atoms with Gasteiger partial charge in [0.2, 0.25) is 0 Å². The average Bonchev–Trinajstić information content (AvgIpc) is 2.70. The van der Waals surface area contributed by atoms with Crippen LogP contribution in [0.4, 0.5) is 0 Å². The number of thioether (sulfide) groups is 1. The van der Waals surface area contributed by atoms with Gasteiger partial charge in [0.05, 0.1) is 6.10 Å². The largest absolute Gasteiger partial charge is 0.457 e. The third kappa shape index (κ3) is 8.47. The number of rotatable bonds is 12. The quantitative estimate of drug-likeness (QED) is 0.188. The first kappa shape index (κ1) is 24.5. The van der Waals surface area contributed by atoms with Gasteiger partial charge in [-0.1, -0.05) is 43.8 Å². The lowest BCUT2D eigenvalue weighted by Gasteiger charge is -2.40. The Morgan fingerprint density at radius 1 is 1.31 bits per heavy atom. The van der Waals surface area contributed by atoms with Crippen LogP contribution in [0.5, 0.6) is 0 Å². The third-order valence-electron chi connectivity index (χ3n) is 6.28. The number of fused-ring (bicyclic) bond motifs is 1. The standard InChI is InChI=1S/C24H41NO3S/c1-4-10-20(26)13-8-6-5-7-11-19-12-9-14-22-21(19)17-23(18(2)25-22)28-24(27)15-16-29-3/h15-16,18,20,22-23,25-26H,4-14,17H2,1-3H3. The molecule has 1 fully saturated rings. The fourth-order valence-corrected chi connectivity index (χ4v) is 4.93. The Morgan fingerprint density at radius 3 is 2.86 bits per heavy atom. The summed E-state index contributed by atoms with van der Waals surface area (Å²) in [6.07, 6.45) is 16.8. The molecular weight excluding hydrogens is 382 g/mol. The van der Waals surface area contributed by atoms with E-state index >= 15 is 0 Å². The minimum atomic E-state index is -0.236. The zero-order valence-electron chi connectivity index (χ0n) is 18.6. The number of aliphatic hydroxyl groups excluding tert-OH is 1. The number of aliphatic hydroxyl groups is 1. The van der Waals surface area contributed by atoms with Crippen molar-refractivity contribution in [3.63, 3.8) is 0 Å². The number of nitrogens with one attached hydrogen (secondary N) is 1. The molecule has 0 aromatic rings. The highest BCUT2D eigenvalue weighted by Crippen LogP contribution is 2.35.